The maximum absolute atomic E-state index is 13.0. The van der Waals surface area contributed by atoms with Crippen LogP contribution in [0.1, 0.15) is 23.6 Å². The molecular formula is C24H25N5O2. The van der Waals surface area contributed by atoms with Crippen LogP contribution in [0.15, 0.2) is 54.7 Å². The molecule has 2 saturated heterocycles. The lowest BCUT2D eigenvalue weighted by Crippen LogP contribution is -2.53. The Balaban J connectivity index is 1.20. The van der Waals surface area contributed by atoms with Crippen LogP contribution >= 0.6 is 0 Å². The molecular weight excluding hydrogens is 390 g/mol. The largest absolute Gasteiger partial charge is 0.338 e. The van der Waals surface area contributed by atoms with E-state index in [1.54, 1.807) is 4.90 Å². The zero-order chi connectivity index (χ0) is 21.5. The summed E-state index contributed by atoms with van der Waals surface area (Å²) in [6, 6.07) is 16.1. The number of anilines is 1. The highest BCUT2D eigenvalue weighted by Gasteiger charge is 2.41. The smallest absolute Gasteiger partial charge is 0.228 e. The number of nitrogens with zero attached hydrogens (tertiary/aromatic N) is 5. The Labute approximate surface area is 181 Å². The third kappa shape index (κ3) is 3.60. The van der Waals surface area contributed by atoms with E-state index in [4.69, 9.17) is 0 Å². The summed E-state index contributed by atoms with van der Waals surface area (Å²) in [5, 5.41) is 8.51. The van der Waals surface area contributed by atoms with E-state index in [2.05, 4.69) is 17.2 Å². The highest BCUT2D eigenvalue weighted by atomic mass is 16.2. The van der Waals surface area contributed by atoms with Crippen molar-refractivity contribution in [2.45, 2.75) is 26.3 Å². The molecule has 3 aromatic rings. The van der Waals surface area contributed by atoms with E-state index in [1.807, 2.05) is 71.2 Å². The number of rotatable bonds is 4. The average molecular weight is 415 g/mol. The van der Waals surface area contributed by atoms with Gasteiger partial charge in [-0.25, -0.2) is 4.68 Å². The van der Waals surface area contributed by atoms with Gasteiger partial charge in [0.25, 0.3) is 0 Å². The fourth-order valence-electron chi connectivity index (χ4n) is 4.27. The van der Waals surface area contributed by atoms with Gasteiger partial charge < -0.3 is 9.80 Å². The summed E-state index contributed by atoms with van der Waals surface area (Å²) in [4.78, 5) is 29.1. The molecule has 3 heterocycles. The van der Waals surface area contributed by atoms with Gasteiger partial charge in [-0.1, -0.05) is 41.6 Å². The lowest BCUT2D eigenvalue weighted by atomic mass is 10.0. The minimum atomic E-state index is -0.286. The minimum Gasteiger partial charge on any atom is -0.338 e. The molecule has 2 aromatic carbocycles. The number of likely N-dealkylation sites (tertiary alicyclic amines) is 1. The van der Waals surface area contributed by atoms with Crippen molar-refractivity contribution in [1.82, 2.24) is 19.9 Å². The van der Waals surface area contributed by atoms with E-state index < -0.39 is 0 Å². The molecule has 2 aliphatic heterocycles. The van der Waals surface area contributed by atoms with E-state index in [-0.39, 0.29) is 30.2 Å². The van der Waals surface area contributed by atoms with Crippen LogP contribution in [0.5, 0.6) is 0 Å². The molecule has 2 amide bonds. The molecule has 1 unspecified atom stereocenters. The van der Waals surface area contributed by atoms with Crippen molar-refractivity contribution >= 4 is 17.5 Å². The molecule has 0 spiro atoms. The van der Waals surface area contributed by atoms with Gasteiger partial charge in [0, 0.05) is 37.3 Å². The normalized spacial score (nSPS) is 19.0. The molecule has 31 heavy (non-hydrogen) atoms. The molecule has 0 saturated carbocycles. The zero-order valence-electron chi connectivity index (χ0n) is 17.7. The number of amides is 2. The van der Waals surface area contributed by atoms with Crippen molar-refractivity contribution in [1.29, 1.82) is 0 Å². The number of aryl methyl sites for hydroxylation is 2. The number of aromatic nitrogens is 3. The van der Waals surface area contributed by atoms with E-state index >= 15 is 0 Å². The molecule has 2 fully saturated rings. The summed E-state index contributed by atoms with van der Waals surface area (Å²) in [5.41, 5.74) is 5.07. The monoisotopic (exact) mass is 415 g/mol. The van der Waals surface area contributed by atoms with Gasteiger partial charge in [0.2, 0.25) is 11.8 Å². The fraction of sp³-hybridized carbons (Fsp3) is 0.333. The first-order valence-electron chi connectivity index (χ1n) is 10.6. The Morgan fingerprint density at radius 1 is 1.00 bits per heavy atom. The summed E-state index contributed by atoms with van der Waals surface area (Å²) < 4.78 is 1.84. The van der Waals surface area contributed by atoms with Crippen LogP contribution in [-0.2, 0) is 9.59 Å². The number of benzene rings is 2. The second-order valence-corrected chi connectivity index (χ2v) is 8.52. The Morgan fingerprint density at radius 2 is 1.77 bits per heavy atom. The van der Waals surface area contributed by atoms with Gasteiger partial charge in [-0.05, 0) is 37.1 Å². The molecule has 0 N–H and O–H groups in total. The summed E-state index contributed by atoms with van der Waals surface area (Å²) in [6.45, 7) is 5.74. The first kappa shape index (κ1) is 19.5. The highest BCUT2D eigenvalue weighted by Crippen LogP contribution is 2.31. The van der Waals surface area contributed by atoms with Crippen molar-refractivity contribution in [2.24, 2.45) is 5.92 Å². The SMILES string of the molecule is Cc1ccc(N2CC(C(=O)N3CC(n4cc(-c5ccccc5)nn4)C3)CC2=O)cc1C. The van der Waals surface area contributed by atoms with Crippen LogP contribution in [0.2, 0.25) is 0 Å². The van der Waals surface area contributed by atoms with Crippen LogP contribution in [0.25, 0.3) is 11.3 Å². The lowest BCUT2D eigenvalue weighted by Gasteiger charge is -2.40. The van der Waals surface area contributed by atoms with Crippen molar-refractivity contribution in [2.75, 3.05) is 24.5 Å². The first-order valence-corrected chi connectivity index (χ1v) is 10.6. The van der Waals surface area contributed by atoms with Crippen LogP contribution in [-0.4, -0.2) is 51.3 Å². The number of hydrogen-bond donors (Lipinski definition) is 0. The molecule has 0 radical (unpaired) electrons. The number of hydrogen-bond acceptors (Lipinski definition) is 4. The fourth-order valence-corrected chi connectivity index (χ4v) is 4.27. The standard InChI is InChI=1S/C24H25N5O2/c1-16-8-9-20(10-17(16)2)28-12-19(11-23(28)30)24(31)27-13-21(14-27)29-15-22(25-26-29)18-6-4-3-5-7-18/h3-10,15,19,21H,11-14H2,1-2H3. The Hall–Kier alpha value is -3.48. The van der Waals surface area contributed by atoms with Crippen molar-refractivity contribution < 1.29 is 9.59 Å². The van der Waals surface area contributed by atoms with E-state index in [1.165, 1.54) is 5.56 Å². The van der Waals surface area contributed by atoms with Gasteiger partial charge in [0.05, 0.1) is 18.2 Å². The molecule has 7 nitrogen and oxygen atoms in total. The van der Waals surface area contributed by atoms with Gasteiger partial charge >= 0.3 is 0 Å². The predicted octanol–water partition coefficient (Wildman–Crippen LogP) is 3.00. The zero-order valence-corrected chi connectivity index (χ0v) is 17.7. The Bertz CT molecular complexity index is 1130. The van der Waals surface area contributed by atoms with Crippen LogP contribution in [0.4, 0.5) is 5.69 Å². The predicted molar refractivity (Wildman–Crippen MR) is 117 cm³/mol. The van der Waals surface area contributed by atoms with Gasteiger partial charge in [0.15, 0.2) is 0 Å². The van der Waals surface area contributed by atoms with Gasteiger partial charge in [-0.15, -0.1) is 5.10 Å². The summed E-state index contributed by atoms with van der Waals surface area (Å²) in [7, 11) is 0. The van der Waals surface area contributed by atoms with Crippen molar-refractivity contribution in [3.8, 4) is 11.3 Å². The quantitative estimate of drug-likeness (QED) is 0.657. The van der Waals surface area contributed by atoms with Crippen molar-refractivity contribution in [3.63, 3.8) is 0 Å². The maximum atomic E-state index is 13.0. The molecule has 0 bridgehead atoms. The first-order chi connectivity index (χ1) is 15.0. The molecule has 0 aliphatic carbocycles. The average Bonchev–Trinajstić information content (AvgIpc) is 3.37. The van der Waals surface area contributed by atoms with Crippen LogP contribution < -0.4 is 4.90 Å². The summed E-state index contributed by atoms with van der Waals surface area (Å²) in [5.74, 6) is -0.215. The molecule has 158 valence electrons. The summed E-state index contributed by atoms with van der Waals surface area (Å²) >= 11 is 0. The third-order valence-corrected chi connectivity index (χ3v) is 6.40. The minimum absolute atomic E-state index is 0.0162. The van der Waals surface area contributed by atoms with Crippen LogP contribution in [0, 0.1) is 19.8 Å². The Kier molecular flexibility index (Phi) is 4.81. The molecule has 2 aliphatic rings. The topological polar surface area (TPSA) is 71.3 Å². The lowest BCUT2D eigenvalue weighted by molar-refractivity contribution is -0.141. The summed E-state index contributed by atoms with van der Waals surface area (Å²) in [6.07, 6.45) is 2.21. The van der Waals surface area contributed by atoms with Crippen molar-refractivity contribution in [3.05, 3.63) is 65.9 Å². The Morgan fingerprint density at radius 3 is 2.52 bits per heavy atom. The van der Waals surface area contributed by atoms with E-state index in [9.17, 15) is 9.59 Å². The number of carbonyl (C=O) groups excluding carboxylic acids is 2. The van der Waals surface area contributed by atoms with Crippen LogP contribution in [0.3, 0.4) is 0 Å². The van der Waals surface area contributed by atoms with Gasteiger partial charge in [-0.3, -0.25) is 9.59 Å². The molecule has 5 rings (SSSR count). The van der Waals surface area contributed by atoms with E-state index in [0.29, 0.717) is 19.6 Å². The second kappa shape index (κ2) is 7.65. The third-order valence-electron chi connectivity index (χ3n) is 6.40. The van der Waals surface area contributed by atoms with Gasteiger partial charge in [0.1, 0.15) is 5.69 Å². The van der Waals surface area contributed by atoms with Gasteiger partial charge in [-0.2, -0.15) is 0 Å². The second-order valence-electron chi connectivity index (χ2n) is 8.52. The van der Waals surface area contributed by atoms with E-state index in [0.717, 1.165) is 22.5 Å². The molecule has 1 atom stereocenters. The number of carbonyl (C=O) groups is 2. The maximum Gasteiger partial charge on any atom is 0.228 e. The highest BCUT2D eigenvalue weighted by molar-refractivity contribution is 6.00. The molecule has 7 heteroatoms. The molecule has 1 aromatic heterocycles.